The Morgan fingerprint density at radius 1 is 1.53 bits per heavy atom. The number of hydrogen-bond acceptors (Lipinski definition) is 5. The van der Waals surface area contributed by atoms with Gasteiger partial charge in [0.05, 0.1) is 12.9 Å². The van der Waals surface area contributed by atoms with Gasteiger partial charge in [0.2, 0.25) is 0 Å². The van der Waals surface area contributed by atoms with Gasteiger partial charge in [0, 0.05) is 11.9 Å². The smallest absolute Gasteiger partial charge is 0.329 e. The van der Waals surface area contributed by atoms with Crippen LogP contribution in [0.1, 0.15) is 25.6 Å². The van der Waals surface area contributed by atoms with Crippen LogP contribution < -0.4 is 0 Å². The van der Waals surface area contributed by atoms with E-state index in [-0.39, 0.29) is 17.6 Å². The van der Waals surface area contributed by atoms with Crippen LogP contribution in [0.2, 0.25) is 0 Å². The van der Waals surface area contributed by atoms with Crippen molar-refractivity contribution in [2.45, 2.75) is 32.0 Å². The van der Waals surface area contributed by atoms with E-state index in [0.29, 0.717) is 5.16 Å². The molecule has 1 aromatic heterocycles. The zero-order chi connectivity index (χ0) is 14.6. The lowest BCUT2D eigenvalue weighted by molar-refractivity contribution is -0.146. The van der Waals surface area contributed by atoms with Crippen LogP contribution in [0.15, 0.2) is 11.4 Å². The van der Waals surface area contributed by atoms with Crippen molar-refractivity contribution in [1.82, 2.24) is 9.55 Å². The second-order valence-corrected chi connectivity index (χ2v) is 5.39. The molecule has 0 bridgehead atoms. The fraction of sp³-hybridized carbons (Fsp3) is 0.583. The molecule has 106 valence electrons. The van der Waals surface area contributed by atoms with Gasteiger partial charge in [-0.05, 0) is 12.8 Å². The van der Waals surface area contributed by atoms with Gasteiger partial charge in [-0.15, -0.1) is 0 Å². The van der Waals surface area contributed by atoms with Gasteiger partial charge in [-0.3, -0.25) is 4.79 Å². The van der Waals surface area contributed by atoms with Gasteiger partial charge in [-0.2, -0.15) is 0 Å². The van der Waals surface area contributed by atoms with Gasteiger partial charge in [0.1, 0.15) is 6.04 Å². The molecule has 0 spiro atoms. The maximum Gasteiger partial charge on any atom is 0.329 e. The Hall–Kier alpha value is -1.50. The minimum Gasteiger partial charge on any atom is -0.481 e. The van der Waals surface area contributed by atoms with E-state index in [4.69, 9.17) is 9.84 Å². The second kappa shape index (κ2) is 6.60. The number of ether oxygens (including phenoxy) is 1. The fourth-order valence-corrected chi connectivity index (χ4v) is 2.57. The third-order valence-electron chi connectivity index (χ3n) is 2.62. The Labute approximate surface area is 116 Å². The number of carbonyl (C=O) groups is 2. The summed E-state index contributed by atoms with van der Waals surface area (Å²) in [5, 5.41) is 9.24. The summed E-state index contributed by atoms with van der Waals surface area (Å²) in [4.78, 5) is 26.7. The highest BCUT2D eigenvalue weighted by atomic mass is 32.2. The average Bonchev–Trinajstić information content (AvgIpc) is 2.68. The van der Waals surface area contributed by atoms with Gasteiger partial charge >= 0.3 is 11.9 Å². The summed E-state index contributed by atoms with van der Waals surface area (Å²) in [6.07, 6.45) is 1.63. The summed E-state index contributed by atoms with van der Waals surface area (Å²) in [7, 11) is 1.34. The molecule has 0 amide bonds. The summed E-state index contributed by atoms with van der Waals surface area (Å²) in [5.41, 5.74) is 0.803. The maximum absolute atomic E-state index is 11.9. The molecular weight excluding hydrogens is 268 g/mol. The quantitative estimate of drug-likeness (QED) is 0.633. The lowest BCUT2D eigenvalue weighted by Gasteiger charge is -2.23. The first-order valence-electron chi connectivity index (χ1n) is 5.84. The summed E-state index contributed by atoms with van der Waals surface area (Å²) < 4.78 is 6.56. The zero-order valence-corrected chi connectivity index (χ0v) is 12.2. The monoisotopic (exact) mass is 286 g/mol. The first-order chi connectivity index (χ1) is 8.88. The van der Waals surface area contributed by atoms with Crippen molar-refractivity contribution < 1.29 is 19.4 Å². The lowest BCUT2D eigenvalue weighted by Crippen LogP contribution is -2.27. The number of nitrogens with zero attached hydrogens (tertiary/aromatic N) is 2. The molecule has 1 aromatic rings. The topological polar surface area (TPSA) is 81.4 Å². The fourth-order valence-electron chi connectivity index (χ4n) is 1.79. The standard InChI is InChI=1S/C12H18N2O4S/c1-7(2)10(11(17)18-4)14-8(3)5-13-12(14)19-6-9(15)16/h5,7,10H,6H2,1-4H3,(H,15,16). The largest absolute Gasteiger partial charge is 0.481 e. The number of rotatable bonds is 6. The molecule has 1 rings (SSSR count). The number of imidazole rings is 1. The van der Waals surface area contributed by atoms with E-state index in [1.807, 2.05) is 20.8 Å². The predicted octanol–water partition coefficient (Wildman–Crippen LogP) is 1.74. The van der Waals surface area contributed by atoms with Crippen LogP contribution in [0.3, 0.4) is 0 Å². The number of esters is 1. The molecule has 0 fully saturated rings. The van der Waals surface area contributed by atoms with Crippen molar-refractivity contribution in [1.29, 1.82) is 0 Å². The van der Waals surface area contributed by atoms with E-state index in [2.05, 4.69) is 4.98 Å². The molecule has 0 aromatic carbocycles. The lowest BCUT2D eigenvalue weighted by atomic mass is 10.0. The first kappa shape index (κ1) is 15.6. The van der Waals surface area contributed by atoms with Crippen LogP contribution >= 0.6 is 11.8 Å². The number of aromatic nitrogens is 2. The minimum atomic E-state index is -0.920. The SMILES string of the molecule is COC(=O)C(C(C)C)n1c(C)cnc1SCC(=O)O. The molecule has 1 unspecified atom stereocenters. The number of carboxylic acid groups (broad SMARTS) is 1. The van der Waals surface area contributed by atoms with E-state index >= 15 is 0 Å². The number of thioether (sulfide) groups is 1. The summed E-state index contributed by atoms with van der Waals surface area (Å²) in [6, 6.07) is -0.496. The number of aliphatic carboxylic acids is 1. The van der Waals surface area contributed by atoms with Crippen LogP contribution in [0.5, 0.6) is 0 Å². The third-order valence-corrected chi connectivity index (χ3v) is 3.58. The van der Waals surface area contributed by atoms with Gasteiger partial charge in [0.25, 0.3) is 0 Å². The van der Waals surface area contributed by atoms with Crippen LogP contribution in [-0.2, 0) is 14.3 Å². The number of hydrogen-bond donors (Lipinski definition) is 1. The first-order valence-corrected chi connectivity index (χ1v) is 6.83. The number of carbonyl (C=O) groups excluding carboxylic acids is 1. The zero-order valence-electron chi connectivity index (χ0n) is 11.4. The Balaban J connectivity index is 3.11. The Bertz CT molecular complexity index is 470. The number of methoxy groups -OCH3 is 1. The minimum absolute atomic E-state index is 0.0181. The third kappa shape index (κ3) is 3.73. The molecule has 19 heavy (non-hydrogen) atoms. The Morgan fingerprint density at radius 3 is 2.63 bits per heavy atom. The molecular formula is C12H18N2O4S. The maximum atomic E-state index is 11.9. The predicted molar refractivity (Wildman–Crippen MR) is 71.2 cm³/mol. The second-order valence-electron chi connectivity index (χ2n) is 4.45. The highest BCUT2D eigenvalue weighted by Crippen LogP contribution is 2.28. The van der Waals surface area contributed by atoms with Crippen molar-refractivity contribution in [2.75, 3.05) is 12.9 Å². The highest BCUT2D eigenvalue weighted by Gasteiger charge is 2.28. The molecule has 0 saturated carbocycles. The molecule has 7 heteroatoms. The summed E-state index contributed by atoms with van der Waals surface area (Å²) >= 11 is 1.09. The molecule has 1 atom stereocenters. The number of carboxylic acids is 1. The van der Waals surface area contributed by atoms with Crippen LogP contribution in [-0.4, -0.2) is 39.5 Å². The van der Waals surface area contributed by atoms with Crippen molar-refractivity contribution in [3.05, 3.63) is 11.9 Å². The summed E-state index contributed by atoms with van der Waals surface area (Å²) in [5.74, 6) is -1.35. The normalized spacial score (nSPS) is 12.5. The van der Waals surface area contributed by atoms with Crippen LogP contribution in [0.25, 0.3) is 0 Å². The molecule has 0 saturated heterocycles. The van der Waals surface area contributed by atoms with E-state index < -0.39 is 12.0 Å². The molecule has 6 nitrogen and oxygen atoms in total. The van der Waals surface area contributed by atoms with Gasteiger partial charge in [0.15, 0.2) is 5.16 Å². The van der Waals surface area contributed by atoms with Crippen LogP contribution in [0, 0.1) is 12.8 Å². The molecule has 1 heterocycles. The van der Waals surface area contributed by atoms with Crippen LogP contribution in [0.4, 0.5) is 0 Å². The van der Waals surface area contributed by atoms with E-state index in [1.54, 1.807) is 10.8 Å². The highest BCUT2D eigenvalue weighted by molar-refractivity contribution is 7.99. The molecule has 0 aliphatic heterocycles. The summed E-state index contributed by atoms with van der Waals surface area (Å²) in [6.45, 7) is 5.65. The van der Waals surface area contributed by atoms with E-state index in [1.165, 1.54) is 7.11 Å². The Morgan fingerprint density at radius 2 is 2.16 bits per heavy atom. The molecule has 0 aliphatic carbocycles. The molecule has 1 N–H and O–H groups in total. The average molecular weight is 286 g/mol. The van der Waals surface area contributed by atoms with Gasteiger partial charge < -0.3 is 14.4 Å². The Kier molecular flexibility index (Phi) is 5.41. The van der Waals surface area contributed by atoms with E-state index in [0.717, 1.165) is 17.5 Å². The van der Waals surface area contributed by atoms with E-state index in [9.17, 15) is 9.59 Å². The molecule has 0 aliphatic rings. The van der Waals surface area contributed by atoms with Crippen molar-refractivity contribution in [2.24, 2.45) is 5.92 Å². The van der Waals surface area contributed by atoms with Gasteiger partial charge in [-0.1, -0.05) is 25.6 Å². The van der Waals surface area contributed by atoms with Gasteiger partial charge in [-0.25, -0.2) is 9.78 Å². The molecule has 0 radical (unpaired) electrons. The number of aryl methyl sites for hydroxylation is 1. The van der Waals surface area contributed by atoms with Crippen molar-refractivity contribution in [3.8, 4) is 0 Å². The van der Waals surface area contributed by atoms with Crippen molar-refractivity contribution in [3.63, 3.8) is 0 Å². The van der Waals surface area contributed by atoms with Crippen molar-refractivity contribution >= 4 is 23.7 Å².